The first kappa shape index (κ1) is 14.4. The van der Waals surface area contributed by atoms with Gasteiger partial charge in [-0.1, -0.05) is 19.1 Å². The molecule has 0 fully saturated rings. The molecule has 0 aliphatic carbocycles. The van der Waals surface area contributed by atoms with Crippen LogP contribution in [-0.4, -0.2) is 20.8 Å². The van der Waals surface area contributed by atoms with Gasteiger partial charge in [0.25, 0.3) is 0 Å². The van der Waals surface area contributed by atoms with Crippen LogP contribution in [0, 0.1) is 12.3 Å². The first-order chi connectivity index (χ1) is 8.78. The zero-order chi connectivity index (χ0) is 13.4. The quantitative estimate of drug-likeness (QED) is 0.752. The van der Waals surface area contributed by atoms with E-state index < -0.39 is 0 Å². The van der Waals surface area contributed by atoms with Crippen LogP contribution in [0.2, 0.25) is 0 Å². The third-order valence-electron chi connectivity index (χ3n) is 2.84. The van der Waals surface area contributed by atoms with E-state index in [2.05, 4.69) is 18.2 Å². The molecule has 1 N–H and O–H groups in total. The minimum atomic E-state index is 0.191. The van der Waals surface area contributed by atoms with Gasteiger partial charge in [0, 0.05) is 18.0 Å². The van der Waals surface area contributed by atoms with Gasteiger partial charge in [-0.15, -0.1) is 12.3 Å². The Morgan fingerprint density at radius 2 is 2.11 bits per heavy atom. The van der Waals surface area contributed by atoms with Crippen molar-refractivity contribution in [3.63, 3.8) is 0 Å². The fraction of sp³-hybridized carbons (Fsp3) is 0.467. The fourth-order valence-corrected chi connectivity index (χ4v) is 2.03. The Balaban J connectivity index is 3.06. The molecule has 1 rings (SSSR count). The largest absolute Gasteiger partial charge is 0.493 e. The monoisotopic (exact) mass is 247 g/mol. The zero-order valence-corrected chi connectivity index (χ0v) is 11.3. The maximum absolute atomic E-state index is 5.46. The van der Waals surface area contributed by atoms with Crippen LogP contribution in [0.4, 0.5) is 0 Å². The van der Waals surface area contributed by atoms with Crippen LogP contribution in [0.1, 0.15) is 31.4 Å². The molecule has 0 aliphatic heterocycles. The van der Waals surface area contributed by atoms with Gasteiger partial charge in [-0.2, -0.15) is 0 Å². The van der Waals surface area contributed by atoms with E-state index in [4.69, 9.17) is 15.9 Å². The molecule has 0 heterocycles. The van der Waals surface area contributed by atoms with Crippen molar-refractivity contribution in [1.82, 2.24) is 5.32 Å². The molecule has 18 heavy (non-hydrogen) atoms. The molecule has 0 amide bonds. The van der Waals surface area contributed by atoms with Crippen molar-refractivity contribution in [1.29, 1.82) is 0 Å². The SMILES string of the molecule is C#CCCC(NCC)c1cccc(OC)c1OC. The third kappa shape index (κ3) is 3.41. The fourth-order valence-electron chi connectivity index (χ4n) is 2.03. The van der Waals surface area contributed by atoms with Crippen molar-refractivity contribution in [2.75, 3.05) is 20.8 Å². The predicted molar refractivity (Wildman–Crippen MR) is 74.0 cm³/mol. The van der Waals surface area contributed by atoms with Gasteiger partial charge in [-0.05, 0) is 19.0 Å². The molecule has 0 saturated carbocycles. The molecule has 1 atom stereocenters. The smallest absolute Gasteiger partial charge is 0.165 e. The minimum Gasteiger partial charge on any atom is -0.493 e. The molecule has 1 aromatic carbocycles. The maximum Gasteiger partial charge on any atom is 0.165 e. The van der Waals surface area contributed by atoms with Gasteiger partial charge in [0.15, 0.2) is 11.5 Å². The summed E-state index contributed by atoms with van der Waals surface area (Å²) >= 11 is 0. The van der Waals surface area contributed by atoms with Gasteiger partial charge < -0.3 is 14.8 Å². The van der Waals surface area contributed by atoms with Crippen LogP contribution in [0.15, 0.2) is 18.2 Å². The lowest BCUT2D eigenvalue weighted by Crippen LogP contribution is -2.21. The Labute approximate surface area is 109 Å². The topological polar surface area (TPSA) is 30.5 Å². The second-order valence-corrected chi connectivity index (χ2v) is 3.94. The van der Waals surface area contributed by atoms with Crippen LogP contribution >= 0.6 is 0 Å². The van der Waals surface area contributed by atoms with Gasteiger partial charge in [0.1, 0.15) is 0 Å². The lowest BCUT2D eigenvalue weighted by molar-refractivity contribution is 0.345. The molecule has 0 bridgehead atoms. The Morgan fingerprint density at radius 3 is 2.67 bits per heavy atom. The number of rotatable bonds is 7. The number of ether oxygens (including phenoxy) is 2. The summed E-state index contributed by atoms with van der Waals surface area (Å²) in [5.74, 6) is 4.21. The zero-order valence-electron chi connectivity index (χ0n) is 11.3. The predicted octanol–water partition coefficient (Wildman–Crippen LogP) is 2.77. The van der Waals surface area contributed by atoms with E-state index in [0.29, 0.717) is 0 Å². The van der Waals surface area contributed by atoms with E-state index in [9.17, 15) is 0 Å². The Kier molecular flexibility index (Phi) is 6.10. The molecule has 3 nitrogen and oxygen atoms in total. The maximum atomic E-state index is 5.46. The standard InChI is InChI=1S/C15H21NO2/c1-5-7-10-13(16-6-2)12-9-8-11-14(17-3)15(12)18-4/h1,8-9,11,13,16H,6-7,10H2,2-4H3. The number of terminal acetylenes is 1. The summed E-state index contributed by atoms with van der Waals surface area (Å²) in [4.78, 5) is 0. The van der Waals surface area contributed by atoms with Gasteiger partial charge in [-0.25, -0.2) is 0 Å². The number of hydrogen-bond acceptors (Lipinski definition) is 3. The molecule has 0 spiro atoms. The lowest BCUT2D eigenvalue weighted by Gasteiger charge is -2.21. The number of hydrogen-bond donors (Lipinski definition) is 1. The normalized spacial score (nSPS) is 11.7. The van der Waals surface area contributed by atoms with E-state index in [-0.39, 0.29) is 6.04 Å². The van der Waals surface area contributed by atoms with Gasteiger partial charge in [0.2, 0.25) is 0 Å². The van der Waals surface area contributed by atoms with Gasteiger partial charge >= 0.3 is 0 Å². The summed E-state index contributed by atoms with van der Waals surface area (Å²) in [5, 5.41) is 3.43. The highest BCUT2D eigenvalue weighted by atomic mass is 16.5. The first-order valence-electron chi connectivity index (χ1n) is 6.16. The number of benzene rings is 1. The van der Waals surface area contributed by atoms with Crippen molar-refractivity contribution in [2.24, 2.45) is 0 Å². The van der Waals surface area contributed by atoms with Crippen molar-refractivity contribution < 1.29 is 9.47 Å². The van der Waals surface area contributed by atoms with Gasteiger partial charge in [-0.3, -0.25) is 0 Å². The molecule has 0 aliphatic rings. The third-order valence-corrected chi connectivity index (χ3v) is 2.84. The molecule has 0 saturated heterocycles. The second kappa shape index (κ2) is 7.62. The first-order valence-corrected chi connectivity index (χ1v) is 6.16. The summed E-state index contributed by atoms with van der Waals surface area (Å²) in [6.45, 7) is 2.96. The Morgan fingerprint density at radius 1 is 1.33 bits per heavy atom. The molecule has 1 aromatic rings. The highest BCUT2D eigenvalue weighted by Crippen LogP contribution is 2.35. The van der Waals surface area contributed by atoms with Crippen LogP contribution in [0.25, 0.3) is 0 Å². The minimum absolute atomic E-state index is 0.191. The molecular formula is C15H21NO2. The van der Waals surface area contributed by atoms with E-state index >= 15 is 0 Å². The molecule has 3 heteroatoms. The van der Waals surface area contributed by atoms with Crippen molar-refractivity contribution >= 4 is 0 Å². The average molecular weight is 247 g/mol. The summed E-state index contributed by atoms with van der Waals surface area (Å²) in [6, 6.07) is 6.10. The van der Waals surface area contributed by atoms with Crippen molar-refractivity contribution in [3.8, 4) is 23.8 Å². The highest BCUT2D eigenvalue weighted by Gasteiger charge is 2.17. The number of para-hydroxylation sites is 1. The van der Waals surface area contributed by atoms with E-state index in [1.54, 1.807) is 14.2 Å². The van der Waals surface area contributed by atoms with Crippen molar-refractivity contribution in [3.05, 3.63) is 23.8 Å². The summed E-state index contributed by atoms with van der Waals surface area (Å²) < 4.78 is 10.8. The van der Waals surface area contributed by atoms with Crippen molar-refractivity contribution in [2.45, 2.75) is 25.8 Å². The van der Waals surface area contributed by atoms with E-state index in [1.165, 1.54) is 0 Å². The Hall–Kier alpha value is -1.66. The highest BCUT2D eigenvalue weighted by molar-refractivity contribution is 5.48. The second-order valence-electron chi connectivity index (χ2n) is 3.94. The molecule has 0 aromatic heterocycles. The lowest BCUT2D eigenvalue weighted by atomic mass is 10.0. The van der Waals surface area contributed by atoms with Crippen LogP contribution in [0.3, 0.4) is 0 Å². The van der Waals surface area contributed by atoms with E-state index in [1.807, 2.05) is 18.2 Å². The number of nitrogens with one attached hydrogen (secondary N) is 1. The van der Waals surface area contributed by atoms with Crippen LogP contribution in [0.5, 0.6) is 11.5 Å². The van der Waals surface area contributed by atoms with Crippen LogP contribution in [-0.2, 0) is 0 Å². The molecule has 0 radical (unpaired) electrons. The molecular weight excluding hydrogens is 226 g/mol. The van der Waals surface area contributed by atoms with E-state index in [0.717, 1.165) is 36.4 Å². The summed E-state index contributed by atoms with van der Waals surface area (Å²) in [5.41, 5.74) is 1.09. The molecule has 1 unspecified atom stereocenters. The molecule has 98 valence electrons. The number of methoxy groups -OCH3 is 2. The van der Waals surface area contributed by atoms with Gasteiger partial charge in [0.05, 0.1) is 14.2 Å². The Bertz CT molecular complexity index is 409. The summed E-state index contributed by atoms with van der Waals surface area (Å²) in [7, 11) is 3.30. The van der Waals surface area contributed by atoms with Crippen LogP contribution < -0.4 is 14.8 Å². The average Bonchev–Trinajstić information content (AvgIpc) is 2.42. The summed E-state index contributed by atoms with van der Waals surface area (Å²) in [6.07, 6.45) is 6.96.